The summed E-state index contributed by atoms with van der Waals surface area (Å²) < 4.78 is 0. The van der Waals surface area contributed by atoms with Crippen molar-refractivity contribution in [2.45, 2.75) is 32.6 Å². The Morgan fingerprint density at radius 3 is 2.55 bits per heavy atom. The molecule has 31 heavy (non-hydrogen) atoms. The van der Waals surface area contributed by atoms with Gasteiger partial charge in [0.1, 0.15) is 5.75 Å². The van der Waals surface area contributed by atoms with Crippen molar-refractivity contribution in [2.24, 2.45) is 5.92 Å². The fourth-order valence-electron chi connectivity index (χ4n) is 4.40. The standard InChI is InChI=1S/C29H31NO/c1-20-8-9-24(19-29(20)31)16-17-30-22(3)25-12-10-23(11-13-25)18-27-15-14-26-6-4-5-7-28(26)21(27)2/h4-13,19,27,30-31H,2-3,14-18H2,1H3. The monoisotopic (exact) mass is 409 g/mol. The minimum Gasteiger partial charge on any atom is -0.508 e. The lowest BCUT2D eigenvalue weighted by molar-refractivity contribution is 0.470. The van der Waals surface area contributed by atoms with Crippen LogP contribution < -0.4 is 5.32 Å². The van der Waals surface area contributed by atoms with Gasteiger partial charge in [-0.25, -0.2) is 0 Å². The smallest absolute Gasteiger partial charge is 0.118 e. The first-order chi connectivity index (χ1) is 15.0. The molecule has 0 amide bonds. The summed E-state index contributed by atoms with van der Waals surface area (Å²) in [7, 11) is 0. The number of hydrogen-bond acceptors (Lipinski definition) is 2. The van der Waals surface area contributed by atoms with Crippen LogP contribution in [0, 0.1) is 12.8 Å². The molecule has 2 nitrogen and oxygen atoms in total. The second-order valence-electron chi connectivity index (χ2n) is 8.60. The van der Waals surface area contributed by atoms with Crippen molar-refractivity contribution in [1.82, 2.24) is 5.32 Å². The number of hydrogen-bond donors (Lipinski definition) is 2. The third kappa shape index (κ3) is 4.91. The zero-order valence-electron chi connectivity index (χ0n) is 18.3. The lowest BCUT2D eigenvalue weighted by Gasteiger charge is -2.27. The Hall–Kier alpha value is -3.26. The van der Waals surface area contributed by atoms with Gasteiger partial charge in [0, 0.05) is 12.2 Å². The molecular weight excluding hydrogens is 378 g/mol. The van der Waals surface area contributed by atoms with Gasteiger partial charge in [-0.1, -0.05) is 73.8 Å². The van der Waals surface area contributed by atoms with Crippen LogP contribution in [0.2, 0.25) is 0 Å². The number of allylic oxidation sites excluding steroid dienone is 1. The Bertz CT molecular complexity index is 1090. The second-order valence-corrected chi connectivity index (χ2v) is 8.60. The molecule has 1 aliphatic carbocycles. The summed E-state index contributed by atoms with van der Waals surface area (Å²) in [5.74, 6) is 0.865. The minimum atomic E-state index is 0.357. The number of benzene rings is 3. The van der Waals surface area contributed by atoms with Gasteiger partial charge in [-0.3, -0.25) is 0 Å². The summed E-state index contributed by atoms with van der Waals surface area (Å²) in [6, 6.07) is 23.3. The molecule has 1 aliphatic rings. The predicted molar refractivity (Wildman–Crippen MR) is 131 cm³/mol. The maximum Gasteiger partial charge on any atom is 0.118 e. The number of fused-ring (bicyclic) bond motifs is 1. The summed E-state index contributed by atoms with van der Waals surface area (Å²) in [5, 5.41) is 13.3. The van der Waals surface area contributed by atoms with Crippen LogP contribution in [0.15, 0.2) is 79.9 Å². The van der Waals surface area contributed by atoms with Crippen molar-refractivity contribution in [2.75, 3.05) is 6.54 Å². The molecule has 1 atom stereocenters. The lowest BCUT2D eigenvalue weighted by Crippen LogP contribution is -2.16. The number of nitrogens with one attached hydrogen (secondary N) is 1. The highest BCUT2D eigenvalue weighted by molar-refractivity contribution is 5.70. The van der Waals surface area contributed by atoms with Crippen LogP contribution in [0.25, 0.3) is 11.3 Å². The summed E-state index contributed by atoms with van der Waals surface area (Å²) in [6.07, 6.45) is 4.18. The highest BCUT2D eigenvalue weighted by atomic mass is 16.3. The van der Waals surface area contributed by atoms with Crippen molar-refractivity contribution < 1.29 is 5.11 Å². The SMILES string of the molecule is C=C(NCCc1ccc(C)c(O)c1)c1ccc(CC2CCc3ccccc3C2=C)cc1. The van der Waals surface area contributed by atoms with Crippen LogP contribution in [0.5, 0.6) is 5.75 Å². The van der Waals surface area contributed by atoms with E-state index in [-0.39, 0.29) is 0 Å². The minimum absolute atomic E-state index is 0.357. The molecule has 0 aromatic heterocycles. The number of phenolic OH excluding ortho intramolecular Hbond substituents is 1. The van der Waals surface area contributed by atoms with Gasteiger partial charge in [0.05, 0.1) is 0 Å². The van der Waals surface area contributed by atoms with E-state index in [1.54, 1.807) is 0 Å². The van der Waals surface area contributed by atoms with E-state index < -0.39 is 0 Å². The largest absolute Gasteiger partial charge is 0.508 e. The number of phenols is 1. The molecule has 0 bridgehead atoms. The highest BCUT2D eigenvalue weighted by Crippen LogP contribution is 2.36. The Labute approximate surface area is 186 Å². The van der Waals surface area contributed by atoms with Crippen LogP contribution in [0.4, 0.5) is 0 Å². The maximum atomic E-state index is 9.85. The highest BCUT2D eigenvalue weighted by Gasteiger charge is 2.22. The molecular formula is C29H31NO. The van der Waals surface area contributed by atoms with Gasteiger partial charge in [0.25, 0.3) is 0 Å². The number of aryl methyl sites for hydroxylation is 2. The number of aromatic hydroxyl groups is 1. The van der Waals surface area contributed by atoms with Gasteiger partial charge in [-0.15, -0.1) is 0 Å². The molecule has 0 spiro atoms. The van der Waals surface area contributed by atoms with E-state index in [0.29, 0.717) is 11.7 Å². The third-order valence-electron chi connectivity index (χ3n) is 6.43. The van der Waals surface area contributed by atoms with Gasteiger partial charge in [0.2, 0.25) is 0 Å². The van der Waals surface area contributed by atoms with E-state index in [4.69, 9.17) is 0 Å². The van der Waals surface area contributed by atoms with Crippen LogP contribution >= 0.6 is 0 Å². The van der Waals surface area contributed by atoms with Crippen LogP contribution in [-0.2, 0) is 19.3 Å². The van der Waals surface area contributed by atoms with Gasteiger partial charge >= 0.3 is 0 Å². The molecule has 0 heterocycles. The fourth-order valence-corrected chi connectivity index (χ4v) is 4.40. The molecule has 1 unspecified atom stereocenters. The van der Waals surface area contributed by atoms with Crippen LogP contribution in [0.1, 0.15) is 39.8 Å². The normalized spacial score (nSPS) is 15.4. The average Bonchev–Trinajstić information content (AvgIpc) is 2.79. The second kappa shape index (κ2) is 9.26. The maximum absolute atomic E-state index is 9.85. The van der Waals surface area contributed by atoms with E-state index in [1.165, 1.54) is 28.7 Å². The Balaban J connectivity index is 1.31. The molecule has 0 saturated carbocycles. The third-order valence-corrected chi connectivity index (χ3v) is 6.43. The first kappa shape index (κ1) is 21.0. The average molecular weight is 410 g/mol. The summed E-state index contributed by atoms with van der Waals surface area (Å²) in [5.41, 5.74) is 9.46. The van der Waals surface area contributed by atoms with Crippen molar-refractivity contribution >= 4 is 11.3 Å². The zero-order chi connectivity index (χ0) is 21.8. The Kier molecular flexibility index (Phi) is 6.27. The van der Waals surface area contributed by atoms with E-state index in [9.17, 15) is 5.11 Å². The van der Waals surface area contributed by atoms with E-state index >= 15 is 0 Å². The molecule has 158 valence electrons. The Morgan fingerprint density at radius 1 is 1.03 bits per heavy atom. The first-order valence-electron chi connectivity index (χ1n) is 11.1. The zero-order valence-corrected chi connectivity index (χ0v) is 18.3. The fraction of sp³-hybridized carbons (Fsp3) is 0.241. The summed E-state index contributed by atoms with van der Waals surface area (Å²) in [4.78, 5) is 0. The van der Waals surface area contributed by atoms with Crippen LogP contribution in [0.3, 0.4) is 0 Å². The molecule has 4 rings (SSSR count). The van der Waals surface area contributed by atoms with Gasteiger partial charge in [0.15, 0.2) is 0 Å². The van der Waals surface area contributed by atoms with Crippen molar-refractivity contribution in [3.63, 3.8) is 0 Å². The summed E-state index contributed by atoms with van der Waals surface area (Å²) >= 11 is 0. The van der Waals surface area contributed by atoms with Gasteiger partial charge in [-0.05, 0) is 83.5 Å². The molecule has 2 N–H and O–H groups in total. The molecule has 0 fully saturated rings. The Morgan fingerprint density at radius 2 is 1.77 bits per heavy atom. The molecule has 2 heteroatoms. The molecule has 0 aliphatic heterocycles. The quantitative estimate of drug-likeness (QED) is 0.478. The molecule has 3 aromatic carbocycles. The van der Waals surface area contributed by atoms with Crippen molar-refractivity contribution in [1.29, 1.82) is 0 Å². The predicted octanol–water partition coefficient (Wildman–Crippen LogP) is 6.32. The van der Waals surface area contributed by atoms with E-state index in [2.05, 4.69) is 73.1 Å². The van der Waals surface area contributed by atoms with Gasteiger partial charge in [-0.2, -0.15) is 0 Å². The first-order valence-corrected chi connectivity index (χ1v) is 11.1. The molecule has 3 aromatic rings. The topological polar surface area (TPSA) is 32.3 Å². The molecule has 0 radical (unpaired) electrons. The number of rotatable bonds is 7. The molecule has 0 saturated heterocycles. The lowest BCUT2D eigenvalue weighted by atomic mass is 9.77. The van der Waals surface area contributed by atoms with Gasteiger partial charge < -0.3 is 10.4 Å². The van der Waals surface area contributed by atoms with Crippen LogP contribution in [-0.4, -0.2) is 11.7 Å². The van der Waals surface area contributed by atoms with E-state index in [1.807, 2.05) is 19.1 Å². The van der Waals surface area contributed by atoms with Crippen molar-refractivity contribution in [3.05, 3.63) is 113 Å². The van der Waals surface area contributed by atoms with E-state index in [0.717, 1.165) is 48.2 Å². The van der Waals surface area contributed by atoms with Crippen molar-refractivity contribution in [3.8, 4) is 5.75 Å². The summed E-state index contributed by atoms with van der Waals surface area (Å²) in [6.45, 7) is 11.3.